The lowest BCUT2D eigenvalue weighted by Crippen LogP contribution is -2.29. The summed E-state index contributed by atoms with van der Waals surface area (Å²) in [6, 6.07) is 7.05. The molecule has 1 unspecified atom stereocenters. The zero-order valence-corrected chi connectivity index (χ0v) is 12.9. The molecule has 0 radical (unpaired) electrons. The molecule has 2 heterocycles. The second-order valence-corrected chi connectivity index (χ2v) is 5.80. The molecule has 1 N–H and O–H groups in total. The van der Waals surface area contributed by atoms with E-state index < -0.39 is 6.10 Å². The summed E-state index contributed by atoms with van der Waals surface area (Å²) in [5.74, 6) is 0.554. The highest BCUT2D eigenvalue weighted by Gasteiger charge is 2.30. The lowest BCUT2D eigenvalue weighted by atomic mass is 10.1. The van der Waals surface area contributed by atoms with Crippen LogP contribution in [0.1, 0.15) is 37.4 Å². The van der Waals surface area contributed by atoms with E-state index in [9.17, 15) is 9.90 Å². The molecule has 1 amide bonds. The quantitative estimate of drug-likeness (QED) is 0.858. The summed E-state index contributed by atoms with van der Waals surface area (Å²) in [7, 11) is 0. The van der Waals surface area contributed by atoms with Crippen LogP contribution in [0, 0.1) is 11.3 Å². The maximum absolute atomic E-state index is 12.2. The molecule has 1 aromatic rings. The summed E-state index contributed by atoms with van der Waals surface area (Å²) in [5.41, 5.74) is 0.961. The molecule has 0 aromatic heterocycles. The van der Waals surface area contributed by atoms with Crippen molar-refractivity contribution in [3.8, 4) is 11.8 Å². The van der Waals surface area contributed by atoms with Crippen molar-refractivity contribution >= 4 is 11.6 Å². The number of nitriles is 1. The first-order valence-corrected chi connectivity index (χ1v) is 7.96. The maximum atomic E-state index is 12.2. The number of hydrogen-bond acceptors (Lipinski definition) is 5. The van der Waals surface area contributed by atoms with Gasteiger partial charge in [0.15, 0.2) is 6.10 Å². The van der Waals surface area contributed by atoms with Gasteiger partial charge < -0.3 is 19.5 Å². The number of anilines is 1. The Morgan fingerprint density at radius 3 is 2.83 bits per heavy atom. The summed E-state index contributed by atoms with van der Waals surface area (Å²) < 4.78 is 11.4. The number of nitrogens with zero attached hydrogens (tertiary/aromatic N) is 2. The van der Waals surface area contributed by atoms with Gasteiger partial charge in [-0.25, -0.2) is 0 Å². The first-order valence-electron chi connectivity index (χ1n) is 7.96. The Balaban J connectivity index is 1.96. The molecule has 2 saturated heterocycles. The third-order valence-corrected chi connectivity index (χ3v) is 4.25. The predicted octanol–water partition coefficient (Wildman–Crippen LogP) is 1.93. The van der Waals surface area contributed by atoms with Crippen LogP contribution in [0.5, 0.6) is 5.75 Å². The van der Waals surface area contributed by atoms with Gasteiger partial charge in [0.2, 0.25) is 5.91 Å². The van der Waals surface area contributed by atoms with Crippen LogP contribution in [0.3, 0.4) is 0 Å². The summed E-state index contributed by atoms with van der Waals surface area (Å²) in [4.78, 5) is 13.8. The average molecular weight is 316 g/mol. The molecule has 122 valence electrons. The molecule has 6 nitrogen and oxygen atoms in total. The topological polar surface area (TPSA) is 82.8 Å². The van der Waals surface area contributed by atoms with Crippen LogP contribution in [0.2, 0.25) is 0 Å². The minimum atomic E-state index is -1.28. The third kappa shape index (κ3) is 3.31. The lowest BCUT2D eigenvalue weighted by molar-refractivity contribution is -0.117. The highest BCUT2D eigenvalue weighted by Crippen LogP contribution is 2.39. The molecular weight excluding hydrogens is 296 g/mol. The van der Waals surface area contributed by atoms with E-state index in [2.05, 4.69) is 0 Å². The van der Waals surface area contributed by atoms with Crippen LogP contribution >= 0.6 is 0 Å². The molecule has 1 atom stereocenters. The van der Waals surface area contributed by atoms with E-state index in [1.807, 2.05) is 6.07 Å². The van der Waals surface area contributed by atoms with E-state index in [0.717, 1.165) is 19.3 Å². The van der Waals surface area contributed by atoms with Crippen LogP contribution in [0.4, 0.5) is 5.69 Å². The third-order valence-electron chi connectivity index (χ3n) is 4.25. The van der Waals surface area contributed by atoms with Gasteiger partial charge in [0, 0.05) is 31.4 Å². The van der Waals surface area contributed by atoms with Crippen molar-refractivity contribution in [2.75, 3.05) is 24.7 Å². The van der Waals surface area contributed by atoms with Crippen molar-refractivity contribution in [3.05, 3.63) is 23.8 Å². The van der Waals surface area contributed by atoms with E-state index in [1.165, 1.54) is 0 Å². The first kappa shape index (κ1) is 15.8. The van der Waals surface area contributed by atoms with Crippen LogP contribution in [-0.2, 0) is 9.53 Å². The maximum Gasteiger partial charge on any atom is 0.227 e. The second-order valence-electron chi connectivity index (χ2n) is 5.80. The Labute approximate surface area is 135 Å². The molecule has 1 aromatic carbocycles. The number of rotatable bonds is 4. The highest BCUT2D eigenvalue weighted by atomic mass is 16.5. The van der Waals surface area contributed by atoms with E-state index in [1.54, 1.807) is 23.1 Å². The zero-order valence-electron chi connectivity index (χ0n) is 12.9. The lowest BCUT2D eigenvalue weighted by Gasteiger charge is -2.28. The van der Waals surface area contributed by atoms with E-state index >= 15 is 0 Å². The van der Waals surface area contributed by atoms with Crippen LogP contribution < -0.4 is 9.64 Å². The Bertz CT molecular complexity index is 620. The van der Waals surface area contributed by atoms with Crippen molar-refractivity contribution in [2.24, 2.45) is 0 Å². The van der Waals surface area contributed by atoms with Gasteiger partial charge >= 0.3 is 0 Å². The molecule has 23 heavy (non-hydrogen) atoms. The Kier molecular flexibility index (Phi) is 4.79. The number of benzene rings is 1. The van der Waals surface area contributed by atoms with Gasteiger partial charge in [-0.2, -0.15) is 5.26 Å². The van der Waals surface area contributed by atoms with Crippen LogP contribution in [-0.4, -0.2) is 36.9 Å². The van der Waals surface area contributed by atoms with Crippen molar-refractivity contribution < 1.29 is 19.4 Å². The van der Waals surface area contributed by atoms with Gasteiger partial charge in [0.05, 0.1) is 25.0 Å². The van der Waals surface area contributed by atoms with Gasteiger partial charge in [-0.15, -0.1) is 0 Å². The molecule has 2 aliphatic heterocycles. The number of hydrogen-bond donors (Lipinski definition) is 1. The predicted molar refractivity (Wildman–Crippen MR) is 83.1 cm³/mol. The van der Waals surface area contributed by atoms with Crippen LogP contribution in [0.15, 0.2) is 18.2 Å². The number of carbonyl (C=O) groups excluding carboxylic acids is 1. The minimum Gasteiger partial charge on any atom is -0.488 e. The molecular formula is C17H20N2O4. The standard InChI is InChI=1S/C17H20N2O4/c18-11-14(20)13-3-1-4-15(23-12-6-9-22-10-7-12)17(13)19-8-2-5-16(19)21/h1,3-4,12,14,20H,2,5-10H2. The summed E-state index contributed by atoms with van der Waals surface area (Å²) in [5, 5.41) is 19.1. The SMILES string of the molecule is N#CC(O)c1cccc(OC2CCOCC2)c1N1CCCC1=O. The Hall–Kier alpha value is -2.10. The van der Waals surface area contributed by atoms with Gasteiger partial charge in [0.25, 0.3) is 0 Å². The second kappa shape index (κ2) is 6.99. The van der Waals surface area contributed by atoms with Gasteiger partial charge in [-0.1, -0.05) is 12.1 Å². The molecule has 6 heteroatoms. The average Bonchev–Trinajstić information content (AvgIpc) is 3.00. The van der Waals surface area contributed by atoms with Crippen LogP contribution in [0.25, 0.3) is 0 Å². The van der Waals surface area contributed by atoms with Gasteiger partial charge in [0.1, 0.15) is 11.9 Å². The largest absolute Gasteiger partial charge is 0.488 e. The number of para-hydroxylation sites is 1. The molecule has 2 aliphatic rings. The highest BCUT2D eigenvalue weighted by molar-refractivity contribution is 5.97. The molecule has 0 aliphatic carbocycles. The number of ether oxygens (including phenoxy) is 2. The van der Waals surface area contributed by atoms with E-state index in [0.29, 0.717) is 43.2 Å². The number of amides is 1. The summed E-state index contributed by atoms with van der Waals surface area (Å²) in [6.07, 6.45) is 1.57. The molecule has 3 rings (SSSR count). The number of aliphatic hydroxyl groups is 1. The number of carbonyl (C=O) groups is 1. The Morgan fingerprint density at radius 2 is 2.17 bits per heavy atom. The zero-order chi connectivity index (χ0) is 16.2. The van der Waals surface area contributed by atoms with Crippen molar-refractivity contribution in [3.63, 3.8) is 0 Å². The van der Waals surface area contributed by atoms with Crippen molar-refractivity contribution in [1.82, 2.24) is 0 Å². The normalized spacial score (nSPS) is 20.3. The Morgan fingerprint density at radius 1 is 1.39 bits per heavy atom. The minimum absolute atomic E-state index is 0.000540. The summed E-state index contributed by atoms with van der Waals surface area (Å²) >= 11 is 0. The fourth-order valence-corrected chi connectivity index (χ4v) is 3.07. The van der Waals surface area contributed by atoms with Gasteiger partial charge in [-0.05, 0) is 12.5 Å². The number of aliphatic hydroxyl groups excluding tert-OH is 1. The first-order chi connectivity index (χ1) is 11.2. The summed E-state index contributed by atoms with van der Waals surface area (Å²) in [6.45, 7) is 1.89. The smallest absolute Gasteiger partial charge is 0.227 e. The molecule has 0 spiro atoms. The monoisotopic (exact) mass is 316 g/mol. The van der Waals surface area contributed by atoms with Gasteiger partial charge in [-0.3, -0.25) is 4.79 Å². The van der Waals surface area contributed by atoms with Crippen molar-refractivity contribution in [1.29, 1.82) is 5.26 Å². The molecule has 0 saturated carbocycles. The molecule has 0 bridgehead atoms. The van der Waals surface area contributed by atoms with Crippen molar-refractivity contribution in [2.45, 2.75) is 37.9 Å². The fraction of sp³-hybridized carbons (Fsp3) is 0.529. The van der Waals surface area contributed by atoms with E-state index in [4.69, 9.17) is 14.7 Å². The molecule has 2 fully saturated rings. The van der Waals surface area contributed by atoms with E-state index in [-0.39, 0.29) is 12.0 Å². The fourth-order valence-electron chi connectivity index (χ4n) is 3.07.